The number of rotatable bonds is 84. The fourth-order valence-corrected chi connectivity index (χ4v) is 11.5. The van der Waals surface area contributed by atoms with E-state index in [1.165, 1.54) is 6.07 Å². The first-order valence-corrected chi connectivity index (χ1v) is 41.7. The molecule has 0 bridgehead atoms. The predicted molar refractivity (Wildman–Crippen MR) is 430 cm³/mol. The van der Waals surface area contributed by atoms with Gasteiger partial charge in [0.1, 0.15) is 12.4 Å². The van der Waals surface area contributed by atoms with Crippen LogP contribution in [0.5, 0.6) is 0 Å². The summed E-state index contributed by atoms with van der Waals surface area (Å²) in [6.45, 7) is 30.3. The number of hydrogen-bond acceptors (Lipinski definition) is 32. The van der Waals surface area contributed by atoms with Crippen molar-refractivity contribution in [2.24, 2.45) is 0 Å². The molecule has 1 saturated heterocycles. The molecule has 1 aromatic carbocycles. The summed E-state index contributed by atoms with van der Waals surface area (Å²) in [5.41, 5.74) is -0.513. The van der Waals surface area contributed by atoms with E-state index in [1.807, 2.05) is 27.6 Å². The number of nitrogens with zero attached hydrogens (tertiary/aromatic N) is 3. The van der Waals surface area contributed by atoms with Gasteiger partial charge in [0.2, 0.25) is 5.91 Å². The lowest BCUT2D eigenvalue weighted by molar-refractivity contribution is -0.197. The number of methoxy groups -OCH3 is 1. The van der Waals surface area contributed by atoms with Gasteiger partial charge in [0.25, 0.3) is 11.8 Å². The largest absolute Gasteiger partial charge is 0.423 e. The Kier molecular flexibility index (Phi) is 67.1. The summed E-state index contributed by atoms with van der Waals surface area (Å²) >= 11 is 0. The number of alkyl halides is 3. The fourth-order valence-electron chi connectivity index (χ4n) is 11.5. The van der Waals surface area contributed by atoms with Crippen LogP contribution >= 0.6 is 0 Å². The Labute approximate surface area is 699 Å². The van der Waals surface area contributed by atoms with Gasteiger partial charge in [-0.1, -0.05) is 25.8 Å². The number of hydrogen-bond donors (Lipinski definition) is 0. The number of benzene rings is 1. The smallest absolute Gasteiger partial charge is 0.417 e. The number of carbonyl (C=O) groups excluding carboxylic acids is 5. The van der Waals surface area contributed by atoms with Crippen molar-refractivity contribution in [3.05, 3.63) is 45.8 Å². The average Bonchev–Trinajstić information content (AvgIpc) is 1.08. The Morgan fingerprint density at radius 3 is 1.06 bits per heavy atom. The zero-order valence-electron chi connectivity index (χ0n) is 71.1. The third kappa shape index (κ3) is 55.4. The van der Waals surface area contributed by atoms with Crippen molar-refractivity contribution in [2.45, 2.75) is 110 Å². The number of fused-ring (bicyclic) bond motifs is 2. The molecule has 4 rings (SSSR count). The molecule has 3 heterocycles. The van der Waals surface area contributed by atoms with Crippen molar-refractivity contribution < 1.29 is 155 Å². The van der Waals surface area contributed by atoms with Gasteiger partial charge in [-0.3, -0.25) is 14.4 Å². The molecule has 688 valence electrons. The van der Waals surface area contributed by atoms with E-state index < -0.39 is 40.7 Å². The molecular weight excluding hydrogens is 1580 g/mol. The van der Waals surface area contributed by atoms with Crippen LogP contribution in [-0.4, -0.2) is 370 Å². The predicted octanol–water partition coefficient (Wildman–Crippen LogP) is 6.98. The molecule has 0 unspecified atom stereocenters. The second-order valence-electron chi connectivity index (χ2n) is 27.0. The number of imide groups is 1. The summed E-state index contributed by atoms with van der Waals surface area (Å²) in [6.07, 6.45) is 2.45. The first kappa shape index (κ1) is 108. The van der Waals surface area contributed by atoms with E-state index >= 15 is 0 Å². The van der Waals surface area contributed by atoms with Gasteiger partial charge in [-0.25, -0.2) is 9.59 Å². The normalized spacial score (nSPS) is 13.4. The number of unbranched alkanes of at least 4 members (excludes halogenated alkanes) is 4. The summed E-state index contributed by atoms with van der Waals surface area (Å²) in [4.78, 5) is 79.0. The van der Waals surface area contributed by atoms with Crippen molar-refractivity contribution in [3.63, 3.8) is 0 Å². The highest BCUT2D eigenvalue weighted by Gasteiger charge is 2.37. The van der Waals surface area contributed by atoms with Crippen molar-refractivity contribution in [1.29, 1.82) is 0 Å². The molecule has 3 amide bonds. The van der Waals surface area contributed by atoms with Crippen LogP contribution < -0.4 is 10.5 Å². The van der Waals surface area contributed by atoms with Gasteiger partial charge in [-0.05, 0) is 64.0 Å². The summed E-state index contributed by atoms with van der Waals surface area (Å²) < 4.78 is 174. The van der Waals surface area contributed by atoms with Crippen LogP contribution in [0.4, 0.5) is 18.9 Å². The number of carbonyl (C=O) groups is 5. The number of hydroxylamine groups is 2. The van der Waals surface area contributed by atoms with Gasteiger partial charge in [-0.2, -0.15) is 13.2 Å². The van der Waals surface area contributed by atoms with Crippen LogP contribution in [0.3, 0.4) is 0 Å². The van der Waals surface area contributed by atoms with Gasteiger partial charge >= 0.3 is 17.8 Å². The van der Waals surface area contributed by atoms with Gasteiger partial charge in [0.05, 0.1) is 302 Å². The minimum Gasteiger partial charge on any atom is -0.423 e. The Morgan fingerprint density at radius 2 is 0.731 bits per heavy atom. The summed E-state index contributed by atoms with van der Waals surface area (Å²) in [5, 5.41) is 0.367. The zero-order chi connectivity index (χ0) is 86.0. The van der Waals surface area contributed by atoms with Crippen LogP contribution in [0.2, 0.25) is 0 Å². The molecule has 1 aromatic heterocycles. The number of amides is 3. The molecule has 37 heteroatoms. The third-order valence-electron chi connectivity index (χ3n) is 17.5. The highest BCUT2D eigenvalue weighted by atomic mass is 19.4. The average molecular weight is 1720 g/mol. The highest BCUT2D eigenvalue weighted by molar-refractivity contribution is 6.01. The molecule has 119 heavy (non-hydrogen) atoms. The maximum atomic E-state index is 14.1. The monoisotopic (exact) mass is 1720 g/mol. The van der Waals surface area contributed by atoms with Crippen LogP contribution in [0.15, 0.2) is 33.5 Å². The lowest BCUT2D eigenvalue weighted by Gasteiger charge is -2.44. The maximum absolute atomic E-state index is 14.1. The number of ether oxygens (including phenoxy) is 23. The van der Waals surface area contributed by atoms with Crippen molar-refractivity contribution >= 4 is 52.7 Å². The molecule has 2 aliphatic heterocycles. The first-order chi connectivity index (χ1) is 58.2. The van der Waals surface area contributed by atoms with Gasteiger partial charge in [0.15, 0.2) is 0 Å². The molecule has 0 atom stereocenters. The molecular formula is C82H138F3N3O31. The van der Waals surface area contributed by atoms with Crippen molar-refractivity contribution in [3.8, 4) is 0 Å². The van der Waals surface area contributed by atoms with Crippen LogP contribution in [0.25, 0.3) is 16.5 Å². The molecule has 0 radical (unpaired) electrons. The quantitative estimate of drug-likeness (QED) is 0.0366. The molecule has 0 spiro atoms. The van der Waals surface area contributed by atoms with Gasteiger partial charge in [-0.15, -0.1) is 5.06 Å². The molecule has 0 N–H and O–H groups in total. The van der Waals surface area contributed by atoms with Crippen LogP contribution in [0.1, 0.15) is 109 Å². The zero-order valence-corrected chi connectivity index (χ0v) is 71.1. The molecule has 2 aliphatic rings. The first-order valence-electron chi connectivity index (χ1n) is 41.7. The Morgan fingerprint density at radius 1 is 0.420 bits per heavy atom. The van der Waals surface area contributed by atoms with E-state index in [0.717, 1.165) is 5.57 Å². The fraction of sp³-hybridized carbons (Fsp3) is 0.805. The molecule has 0 aliphatic carbocycles. The molecule has 2 aromatic rings. The number of anilines is 1. The van der Waals surface area contributed by atoms with Crippen LogP contribution in [0, 0.1) is 0 Å². The van der Waals surface area contributed by atoms with E-state index in [4.69, 9.17) is 123 Å². The lowest BCUT2D eigenvalue weighted by Crippen LogP contribution is -2.45. The minimum absolute atomic E-state index is 0.0101. The Balaban J connectivity index is 0.0000182. The summed E-state index contributed by atoms with van der Waals surface area (Å²) in [5.74, 6) is -1.77. The Hall–Kier alpha value is -5.41. The van der Waals surface area contributed by atoms with Gasteiger partial charge in [0, 0.05) is 87.8 Å². The second kappa shape index (κ2) is 74.1. The molecule has 0 saturated carbocycles. The molecule has 34 nitrogen and oxygen atoms in total. The van der Waals surface area contributed by atoms with Crippen LogP contribution in [-0.2, 0) is 144 Å². The molecule has 1 fully saturated rings. The van der Waals surface area contributed by atoms with E-state index in [9.17, 15) is 37.1 Å². The van der Waals surface area contributed by atoms with Gasteiger partial charge < -0.3 is 133 Å². The highest BCUT2D eigenvalue weighted by Crippen LogP contribution is 2.44. The van der Waals surface area contributed by atoms with E-state index in [-0.39, 0.29) is 36.1 Å². The summed E-state index contributed by atoms with van der Waals surface area (Å²) in [6, 6.07) is 3.51. The minimum atomic E-state index is -4.74. The Bertz CT molecular complexity index is 2910. The van der Waals surface area contributed by atoms with Crippen molar-refractivity contribution in [1.82, 2.24) is 9.96 Å². The standard InChI is InChI=1S/C81H136F3N3O30.CH2O/c1-5-69-68-80(2,3)86(73-67-74-71(65-70(69)73)72(81(82,83)84)66-79(92)116-74)19-11-6-8-13-75(88)85(17-10-7-9-14-78(91)117-87-76(89)15-16-77(87)90)18-12-20-94-23-24-96-27-28-98-31-32-100-35-36-102-39-40-104-43-44-106-47-48-108-51-52-110-55-56-112-59-60-114-63-64-115-62-61-113-58-57-111-54-53-109-50-49-107-46-45-105-42-41-103-38-37-101-34-33-99-30-29-97-26-25-95-22-21-93-4;1-2/h65-68H,5-64H2,1-4H3;1H2. The summed E-state index contributed by atoms with van der Waals surface area (Å²) in [7, 11) is 1.64. The third-order valence-corrected chi connectivity index (χ3v) is 17.5. The van der Waals surface area contributed by atoms with E-state index in [2.05, 4.69) is 11.0 Å². The second-order valence-corrected chi connectivity index (χ2v) is 27.0. The lowest BCUT2D eigenvalue weighted by atomic mass is 9.85. The number of allylic oxidation sites excluding steroid dienone is 1. The van der Waals surface area contributed by atoms with Crippen molar-refractivity contribution in [2.75, 3.05) is 329 Å². The SMILES string of the molecule is C=O.CCC1=CC(C)(C)N(CCCCCC(=O)N(CCCCCC(=O)ON2C(=O)CCC2=O)CCCOCCOCCOCCOCCOCCOCCOCCOCCOCCOCCOCCOCCOCCOCCOCCOCCOCCOCCOCCOCCOCCOCCOC)c2cc3oc(=O)cc(C(F)(F)F)c3cc21. The van der Waals surface area contributed by atoms with E-state index in [0.29, 0.717) is 397 Å². The number of halogens is 3. The van der Waals surface area contributed by atoms with E-state index in [1.54, 1.807) is 18.1 Å². The topological polar surface area (TPSA) is 347 Å². The maximum Gasteiger partial charge on any atom is 0.417 e.